The monoisotopic (exact) mass is 341 g/mol. The molecule has 1 aliphatic heterocycles. The van der Waals surface area contributed by atoms with Gasteiger partial charge in [0.2, 0.25) is 5.91 Å². The third kappa shape index (κ3) is 2.78. The zero-order valence-electron chi connectivity index (χ0n) is 12.3. The van der Waals surface area contributed by atoms with Crippen LogP contribution < -0.4 is 0 Å². The van der Waals surface area contributed by atoms with E-state index in [1.165, 1.54) is 15.3 Å². The molecular weight excluding hydrogens is 326 g/mol. The third-order valence-electron chi connectivity index (χ3n) is 4.00. The van der Waals surface area contributed by atoms with Gasteiger partial charge in [-0.1, -0.05) is 6.07 Å². The molecule has 0 aromatic carbocycles. The highest BCUT2D eigenvalue weighted by atomic mass is 32.1. The van der Waals surface area contributed by atoms with Crippen LogP contribution in [-0.2, 0) is 11.2 Å². The molecule has 0 aliphatic carbocycles. The fourth-order valence-electron chi connectivity index (χ4n) is 2.94. The van der Waals surface area contributed by atoms with Crippen molar-refractivity contribution >= 4 is 34.7 Å². The van der Waals surface area contributed by atoms with Crippen molar-refractivity contribution in [1.29, 1.82) is 0 Å². The molecule has 5 heteroatoms. The van der Waals surface area contributed by atoms with Gasteiger partial charge in [-0.25, -0.2) is 0 Å². The summed E-state index contributed by atoms with van der Waals surface area (Å²) in [5.74, 6) is 0.718. The predicted octanol–water partition coefficient (Wildman–Crippen LogP) is 4.59. The molecule has 1 atom stereocenters. The molecule has 3 aromatic rings. The van der Waals surface area contributed by atoms with E-state index in [2.05, 4.69) is 22.9 Å². The molecule has 1 amide bonds. The average molecular weight is 341 g/mol. The first-order chi connectivity index (χ1) is 11.3. The van der Waals surface area contributed by atoms with E-state index >= 15 is 0 Å². The van der Waals surface area contributed by atoms with Crippen molar-refractivity contribution in [2.24, 2.45) is 0 Å². The van der Waals surface area contributed by atoms with Crippen LogP contribution in [0.15, 0.2) is 57.8 Å². The Morgan fingerprint density at radius 1 is 1.22 bits per heavy atom. The Morgan fingerprint density at radius 2 is 2.17 bits per heavy atom. The Hall–Kier alpha value is -2.11. The number of hydrogen-bond acceptors (Lipinski definition) is 4. The standard InChI is InChI=1S/C18H15NO2S2/c20-17(6-5-13-3-1-10-21-13)19-9-7-15-14(8-12-23-15)18(19)16-4-2-11-22-16/h1-6,8,10-12,18H,7,9H2/b6-5+/t18-/m0/s1. The smallest absolute Gasteiger partial charge is 0.247 e. The lowest BCUT2D eigenvalue weighted by molar-refractivity contribution is -0.127. The zero-order valence-corrected chi connectivity index (χ0v) is 14.0. The summed E-state index contributed by atoms with van der Waals surface area (Å²) in [6.45, 7) is 0.747. The number of carbonyl (C=O) groups excluding carboxylic acids is 1. The first kappa shape index (κ1) is 14.5. The maximum Gasteiger partial charge on any atom is 0.247 e. The SMILES string of the molecule is O=C(/C=C/c1ccco1)N1CCc2sccc2[C@H]1c1cccs1. The highest BCUT2D eigenvalue weighted by Gasteiger charge is 2.32. The largest absolute Gasteiger partial charge is 0.465 e. The lowest BCUT2D eigenvalue weighted by atomic mass is 9.98. The Kier molecular flexibility index (Phi) is 3.89. The van der Waals surface area contributed by atoms with Crippen molar-refractivity contribution in [3.8, 4) is 0 Å². The molecule has 0 fully saturated rings. The van der Waals surface area contributed by atoms with Crippen LogP contribution in [-0.4, -0.2) is 17.4 Å². The van der Waals surface area contributed by atoms with Crippen LogP contribution >= 0.6 is 22.7 Å². The summed E-state index contributed by atoms with van der Waals surface area (Å²) in [5.41, 5.74) is 1.27. The van der Waals surface area contributed by atoms with Gasteiger partial charge in [0.15, 0.2) is 0 Å². The van der Waals surface area contributed by atoms with Crippen molar-refractivity contribution in [2.45, 2.75) is 12.5 Å². The van der Waals surface area contributed by atoms with Gasteiger partial charge in [0.1, 0.15) is 5.76 Å². The molecule has 4 heterocycles. The molecule has 0 saturated heterocycles. The molecule has 0 spiro atoms. The number of thiophene rings is 2. The second-order valence-electron chi connectivity index (χ2n) is 5.35. The summed E-state index contributed by atoms with van der Waals surface area (Å²) in [6, 6.07) is 9.99. The number of furan rings is 1. The molecule has 116 valence electrons. The van der Waals surface area contributed by atoms with Crippen molar-refractivity contribution in [2.75, 3.05) is 6.54 Å². The summed E-state index contributed by atoms with van der Waals surface area (Å²) in [6.07, 6.45) is 5.88. The second-order valence-corrected chi connectivity index (χ2v) is 7.33. The van der Waals surface area contributed by atoms with Crippen LogP contribution in [0.1, 0.15) is 27.1 Å². The topological polar surface area (TPSA) is 33.5 Å². The molecule has 1 aliphatic rings. The zero-order chi connectivity index (χ0) is 15.6. The van der Waals surface area contributed by atoms with Crippen molar-refractivity contribution in [1.82, 2.24) is 4.90 Å². The van der Waals surface area contributed by atoms with Gasteiger partial charge in [0.25, 0.3) is 0 Å². The molecule has 0 bridgehead atoms. The van der Waals surface area contributed by atoms with E-state index < -0.39 is 0 Å². The third-order valence-corrected chi connectivity index (χ3v) is 5.92. The maximum absolute atomic E-state index is 12.7. The lowest BCUT2D eigenvalue weighted by Gasteiger charge is -2.34. The van der Waals surface area contributed by atoms with Gasteiger partial charge in [-0.2, -0.15) is 0 Å². The summed E-state index contributed by atoms with van der Waals surface area (Å²) in [4.78, 5) is 17.3. The van der Waals surface area contributed by atoms with E-state index in [-0.39, 0.29) is 11.9 Å². The molecule has 0 unspecified atom stereocenters. The Bertz CT molecular complexity index is 815. The number of rotatable bonds is 3. The molecule has 0 N–H and O–H groups in total. The Balaban J connectivity index is 1.65. The van der Waals surface area contributed by atoms with E-state index in [1.807, 2.05) is 23.1 Å². The van der Waals surface area contributed by atoms with Gasteiger partial charge in [-0.05, 0) is 53.1 Å². The molecule has 3 aromatic heterocycles. The number of hydrogen-bond donors (Lipinski definition) is 0. The summed E-state index contributed by atoms with van der Waals surface area (Å²) < 4.78 is 5.26. The number of nitrogens with zero attached hydrogens (tertiary/aromatic N) is 1. The lowest BCUT2D eigenvalue weighted by Crippen LogP contribution is -2.38. The molecule has 0 radical (unpaired) electrons. The van der Waals surface area contributed by atoms with E-state index in [4.69, 9.17) is 4.42 Å². The predicted molar refractivity (Wildman–Crippen MR) is 93.6 cm³/mol. The minimum atomic E-state index is 0.0247. The molecule has 4 rings (SSSR count). The van der Waals surface area contributed by atoms with E-state index in [0.717, 1.165) is 13.0 Å². The maximum atomic E-state index is 12.7. The number of carbonyl (C=O) groups is 1. The molecule has 3 nitrogen and oxygen atoms in total. The number of amides is 1. The first-order valence-electron chi connectivity index (χ1n) is 7.45. The minimum absolute atomic E-state index is 0.0247. The summed E-state index contributed by atoms with van der Waals surface area (Å²) in [5, 5.41) is 4.19. The minimum Gasteiger partial charge on any atom is -0.465 e. The van der Waals surface area contributed by atoms with Gasteiger partial charge in [-0.3, -0.25) is 4.79 Å². The molecule has 0 saturated carbocycles. The quantitative estimate of drug-likeness (QED) is 0.653. The van der Waals surface area contributed by atoms with E-state index in [1.54, 1.807) is 41.1 Å². The van der Waals surface area contributed by atoms with Crippen LogP contribution in [0.3, 0.4) is 0 Å². The molecular formula is C18H15NO2S2. The van der Waals surface area contributed by atoms with Crippen LogP contribution in [0.5, 0.6) is 0 Å². The number of fused-ring (bicyclic) bond motifs is 1. The van der Waals surface area contributed by atoms with E-state index in [9.17, 15) is 4.79 Å². The second kappa shape index (κ2) is 6.18. The highest BCUT2D eigenvalue weighted by molar-refractivity contribution is 7.10. The highest BCUT2D eigenvalue weighted by Crippen LogP contribution is 2.39. The van der Waals surface area contributed by atoms with Gasteiger partial charge in [-0.15, -0.1) is 22.7 Å². The van der Waals surface area contributed by atoms with Crippen molar-refractivity contribution in [3.63, 3.8) is 0 Å². The van der Waals surface area contributed by atoms with Gasteiger partial charge in [0.05, 0.1) is 12.3 Å². The first-order valence-corrected chi connectivity index (χ1v) is 9.21. The Labute approximate surface area is 142 Å². The van der Waals surface area contributed by atoms with Crippen LogP contribution in [0.2, 0.25) is 0 Å². The molecule has 23 heavy (non-hydrogen) atoms. The fraction of sp³-hybridized carbons (Fsp3) is 0.167. The van der Waals surface area contributed by atoms with Crippen LogP contribution in [0, 0.1) is 0 Å². The normalized spacial score (nSPS) is 17.6. The fourth-order valence-corrected chi connectivity index (χ4v) is 4.70. The van der Waals surface area contributed by atoms with Crippen LogP contribution in [0.25, 0.3) is 6.08 Å². The van der Waals surface area contributed by atoms with Crippen LogP contribution in [0.4, 0.5) is 0 Å². The van der Waals surface area contributed by atoms with Gasteiger partial charge in [0, 0.05) is 22.4 Å². The van der Waals surface area contributed by atoms with Gasteiger partial charge < -0.3 is 9.32 Å². The average Bonchev–Trinajstić information content (AvgIpc) is 3.33. The summed E-state index contributed by atoms with van der Waals surface area (Å²) >= 11 is 3.49. The van der Waals surface area contributed by atoms with Crippen molar-refractivity contribution in [3.05, 3.63) is 74.5 Å². The van der Waals surface area contributed by atoms with E-state index in [0.29, 0.717) is 5.76 Å². The van der Waals surface area contributed by atoms with Crippen molar-refractivity contribution < 1.29 is 9.21 Å². The summed E-state index contributed by atoms with van der Waals surface area (Å²) in [7, 11) is 0. The Morgan fingerprint density at radius 3 is 2.96 bits per heavy atom. The van der Waals surface area contributed by atoms with Gasteiger partial charge >= 0.3 is 0 Å².